The van der Waals surface area contributed by atoms with E-state index < -0.39 is 5.97 Å². The molecule has 1 aliphatic carbocycles. The van der Waals surface area contributed by atoms with Gasteiger partial charge in [-0.25, -0.2) is 9.79 Å². The number of para-hydroxylation sites is 2. The van der Waals surface area contributed by atoms with Crippen LogP contribution in [0.25, 0.3) is 33.4 Å². The van der Waals surface area contributed by atoms with E-state index >= 15 is 0 Å². The zero-order chi connectivity index (χ0) is 28.7. The van der Waals surface area contributed by atoms with Crippen molar-refractivity contribution in [2.24, 2.45) is 4.99 Å². The van der Waals surface area contributed by atoms with Crippen LogP contribution in [0.3, 0.4) is 0 Å². The monoisotopic (exact) mass is 539 g/mol. The first kappa shape index (κ1) is 26.2. The third kappa shape index (κ3) is 4.92. The number of nitrogens with zero attached hydrogens (tertiary/aromatic N) is 1. The quantitative estimate of drug-likeness (QED) is 0.173. The van der Waals surface area contributed by atoms with Gasteiger partial charge in [0, 0.05) is 45.8 Å². The molecule has 6 rings (SSSR count). The van der Waals surface area contributed by atoms with Crippen LogP contribution >= 0.6 is 0 Å². The van der Waals surface area contributed by atoms with Crippen LogP contribution < -0.4 is 10.7 Å². The molecule has 0 aromatic heterocycles. The molecule has 4 aromatic rings. The summed E-state index contributed by atoms with van der Waals surface area (Å²) >= 11 is 0. The number of hydrogen-bond acceptors (Lipinski definition) is 3. The largest absolute Gasteiger partial charge is 0.478 e. The van der Waals surface area contributed by atoms with Crippen LogP contribution in [-0.2, 0) is 0 Å². The average Bonchev–Trinajstić information content (AvgIpc) is 2.95. The number of benzene rings is 5. The summed E-state index contributed by atoms with van der Waals surface area (Å²) in [5.41, 5.74) is 11.0. The average molecular weight is 540 g/mol. The molecular formula is C36H31N2O3+. The van der Waals surface area contributed by atoms with Crippen LogP contribution in [0.2, 0.25) is 0 Å². The molecule has 0 radical (unpaired) electrons. The zero-order valence-electron chi connectivity index (χ0n) is 23.5. The Kier molecular flexibility index (Phi) is 6.73. The van der Waals surface area contributed by atoms with Crippen molar-refractivity contribution in [2.75, 3.05) is 0 Å². The molecule has 5 nitrogen and oxygen atoms in total. The predicted octanol–water partition coefficient (Wildman–Crippen LogP) is 7.90. The number of aromatic carboxylic acids is 1. The minimum Gasteiger partial charge on any atom is -0.478 e. The molecule has 3 N–H and O–H groups in total. The number of carbonyl (C=O) groups is 1. The van der Waals surface area contributed by atoms with Gasteiger partial charge in [0.1, 0.15) is 22.7 Å². The second kappa shape index (κ2) is 10.5. The standard InChI is InChI=1S/C36H30N2O3/c1-21-9-7-10-22(2)34(21)37-25-15-17-29-31(19-25)41-32-20-26(38-35-23(3)11-8-12-24(35)4)16-18-30(32)33(29)27-13-5-6-14-28(27)36(39)40/h5-20,37H,1-4H3,(H,39,40)/p+1. The number of aryl methyl sites for hydroxylation is 4. The van der Waals surface area contributed by atoms with E-state index in [9.17, 15) is 9.90 Å². The van der Waals surface area contributed by atoms with Crippen LogP contribution in [0.4, 0.5) is 17.1 Å². The lowest BCUT2D eigenvalue weighted by Gasteiger charge is -2.17. The molecule has 202 valence electrons. The fourth-order valence-corrected chi connectivity index (χ4v) is 5.57. The van der Waals surface area contributed by atoms with Crippen LogP contribution in [0.1, 0.15) is 32.6 Å². The smallest absolute Gasteiger partial charge is 0.336 e. The summed E-state index contributed by atoms with van der Waals surface area (Å²) in [6.07, 6.45) is 0. The Labute approximate surface area is 238 Å². The lowest BCUT2D eigenvalue weighted by atomic mass is 9.90. The number of carboxylic acid groups (broad SMARTS) is 1. The lowest BCUT2D eigenvalue weighted by molar-refractivity contribution is -0.479. The summed E-state index contributed by atoms with van der Waals surface area (Å²) in [6, 6.07) is 31.6. The van der Waals surface area contributed by atoms with E-state index in [1.54, 1.807) is 12.1 Å². The molecule has 4 aromatic carbocycles. The van der Waals surface area contributed by atoms with E-state index in [0.29, 0.717) is 16.9 Å². The van der Waals surface area contributed by atoms with E-state index in [1.165, 1.54) is 16.8 Å². The van der Waals surface area contributed by atoms with Gasteiger partial charge in [-0.3, -0.25) is 5.32 Å². The van der Waals surface area contributed by atoms with Gasteiger partial charge in [-0.1, -0.05) is 54.6 Å². The maximum atomic E-state index is 12.3. The number of fused-ring (bicyclic) bond motifs is 2. The maximum Gasteiger partial charge on any atom is 0.336 e. The van der Waals surface area contributed by atoms with E-state index in [-0.39, 0.29) is 5.56 Å². The molecular weight excluding hydrogens is 508 g/mol. The molecule has 0 atom stereocenters. The predicted molar refractivity (Wildman–Crippen MR) is 164 cm³/mol. The van der Waals surface area contributed by atoms with Crippen molar-refractivity contribution in [3.8, 4) is 22.5 Å². The fourth-order valence-electron chi connectivity index (χ4n) is 5.57. The van der Waals surface area contributed by atoms with E-state index in [2.05, 4.69) is 69.4 Å². The molecule has 2 aliphatic rings. The molecule has 0 fully saturated rings. The van der Waals surface area contributed by atoms with Crippen LogP contribution in [0.15, 0.2) is 106 Å². The number of nitrogens with two attached hydrogens (primary N) is 1. The second-order valence-electron chi connectivity index (χ2n) is 10.6. The number of hydrogen-bond donors (Lipinski definition) is 2. The highest BCUT2D eigenvalue weighted by Crippen LogP contribution is 2.41. The highest BCUT2D eigenvalue weighted by atomic mass is 16.4. The van der Waals surface area contributed by atoms with E-state index in [0.717, 1.165) is 44.4 Å². The van der Waals surface area contributed by atoms with Gasteiger partial charge in [-0.2, -0.15) is 0 Å². The molecule has 0 bridgehead atoms. The molecule has 0 saturated carbocycles. The van der Waals surface area contributed by atoms with E-state index in [4.69, 9.17) is 9.41 Å². The molecule has 0 unspecified atom stereocenters. The Morgan fingerprint density at radius 1 is 0.732 bits per heavy atom. The topological polar surface area (TPSA) is 79.4 Å². The Bertz CT molecular complexity index is 1960. The fraction of sp³-hybridized carbons (Fsp3) is 0.111. The molecule has 0 spiro atoms. The third-order valence-electron chi connectivity index (χ3n) is 7.69. The van der Waals surface area contributed by atoms with Crippen molar-refractivity contribution >= 4 is 34.0 Å². The van der Waals surface area contributed by atoms with Crippen molar-refractivity contribution in [2.45, 2.75) is 27.7 Å². The number of rotatable bonds is 5. The summed E-state index contributed by atoms with van der Waals surface area (Å²) in [5.74, 6) is -0.325. The van der Waals surface area contributed by atoms with Crippen LogP contribution in [-0.4, -0.2) is 11.1 Å². The lowest BCUT2D eigenvalue weighted by Crippen LogP contribution is -2.71. The number of quaternary nitrogens is 1. The minimum absolute atomic E-state index is 0.247. The van der Waals surface area contributed by atoms with Gasteiger partial charge in [0.15, 0.2) is 0 Å². The summed E-state index contributed by atoms with van der Waals surface area (Å²) in [6.45, 7) is 8.33. The summed E-state index contributed by atoms with van der Waals surface area (Å²) < 4.78 is 6.56. The minimum atomic E-state index is -0.968. The molecule has 1 aliphatic heterocycles. The summed E-state index contributed by atoms with van der Waals surface area (Å²) in [4.78, 5) is 17.2. The normalized spacial score (nSPS) is 11.9. The van der Waals surface area contributed by atoms with Crippen molar-refractivity contribution in [3.05, 3.63) is 130 Å². The molecule has 0 amide bonds. The first-order chi connectivity index (χ1) is 19.8. The van der Waals surface area contributed by atoms with Gasteiger partial charge in [-0.15, -0.1) is 0 Å². The summed E-state index contributed by atoms with van der Waals surface area (Å²) in [7, 11) is 0. The maximum absolute atomic E-state index is 12.3. The van der Waals surface area contributed by atoms with Gasteiger partial charge in [0.05, 0.1) is 16.6 Å². The molecule has 41 heavy (non-hydrogen) atoms. The summed E-state index contributed by atoms with van der Waals surface area (Å²) in [5, 5.41) is 13.8. The first-order valence-electron chi connectivity index (χ1n) is 13.7. The highest BCUT2D eigenvalue weighted by Gasteiger charge is 2.22. The first-order valence-corrected chi connectivity index (χ1v) is 13.7. The third-order valence-corrected chi connectivity index (χ3v) is 7.69. The van der Waals surface area contributed by atoms with Gasteiger partial charge < -0.3 is 9.52 Å². The Morgan fingerprint density at radius 3 is 2.12 bits per heavy atom. The van der Waals surface area contributed by atoms with Gasteiger partial charge in [-0.05, 0) is 68.7 Å². The van der Waals surface area contributed by atoms with Crippen molar-refractivity contribution in [1.29, 1.82) is 0 Å². The van der Waals surface area contributed by atoms with Crippen molar-refractivity contribution < 1.29 is 19.6 Å². The molecule has 1 heterocycles. The molecule has 0 saturated heterocycles. The van der Waals surface area contributed by atoms with Gasteiger partial charge >= 0.3 is 5.97 Å². The zero-order valence-corrected chi connectivity index (χ0v) is 23.5. The van der Waals surface area contributed by atoms with Crippen LogP contribution in [0.5, 0.6) is 0 Å². The molecule has 5 heteroatoms. The Hall–Kier alpha value is -5.00. The SMILES string of the molecule is Cc1cccc(C)c1N=c1ccc2c(-c3ccccc3C(=O)O)c3ccc([NH2+]c4c(C)cccc4C)cc3oc-2c1. The Morgan fingerprint density at radius 2 is 1.41 bits per heavy atom. The second-order valence-corrected chi connectivity index (χ2v) is 10.6. The highest BCUT2D eigenvalue weighted by molar-refractivity contribution is 6.07. The van der Waals surface area contributed by atoms with Crippen LogP contribution in [0, 0.1) is 27.7 Å². The van der Waals surface area contributed by atoms with Crippen molar-refractivity contribution in [1.82, 2.24) is 0 Å². The van der Waals surface area contributed by atoms with Crippen molar-refractivity contribution in [3.63, 3.8) is 0 Å². The van der Waals surface area contributed by atoms with Gasteiger partial charge in [0.2, 0.25) is 0 Å². The van der Waals surface area contributed by atoms with Gasteiger partial charge in [0.25, 0.3) is 0 Å². The Balaban J connectivity index is 1.62. The number of carboxylic acids is 1. The van der Waals surface area contributed by atoms with E-state index in [1.807, 2.05) is 48.5 Å².